The van der Waals surface area contributed by atoms with Gasteiger partial charge in [-0.05, 0) is 24.5 Å². The van der Waals surface area contributed by atoms with Gasteiger partial charge in [-0.3, -0.25) is 9.59 Å². The van der Waals surface area contributed by atoms with E-state index in [9.17, 15) is 9.59 Å². The van der Waals surface area contributed by atoms with Crippen LogP contribution in [0.1, 0.15) is 23.1 Å². The third-order valence-corrected chi connectivity index (χ3v) is 6.32. The number of esters is 2. The molecule has 4 atom stereocenters. The summed E-state index contributed by atoms with van der Waals surface area (Å²) in [5.41, 5.74) is 2.43. The Hall–Kier alpha value is -2.68. The van der Waals surface area contributed by atoms with Crippen LogP contribution in [0, 0.1) is 18.8 Å². The fourth-order valence-corrected chi connectivity index (χ4v) is 5.21. The van der Waals surface area contributed by atoms with E-state index in [0.717, 1.165) is 17.5 Å². The lowest BCUT2D eigenvalue weighted by Crippen LogP contribution is -2.37. The summed E-state index contributed by atoms with van der Waals surface area (Å²) in [6.07, 6.45) is 5.03. The average molecular weight is 330 g/mol. The van der Waals surface area contributed by atoms with Crippen molar-refractivity contribution in [3.05, 3.63) is 83.4 Å². The molecule has 0 unspecified atom stereocenters. The summed E-state index contributed by atoms with van der Waals surface area (Å²) in [7, 11) is 0. The average Bonchev–Trinajstić information content (AvgIpc) is 3.26. The zero-order valence-corrected chi connectivity index (χ0v) is 13.9. The van der Waals surface area contributed by atoms with Gasteiger partial charge in [0, 0.05) is 10.8 Å². The normalized spacial score (nSPS) is 35.1. The Balaban J connectivity index is 1.73. The number of cyclic esters (lactones) is 2. The number of rotatable bonds is 2. The van der Waals surface area contributed by atoms with Gasteiger partial charge in [0.05, 0.1) is 11.8 Å². The van der Waals surface area contributed by atoms with E-state index in [0.29, 0.717) is 0 Å². The highest BCUT2D eigenvalue weighted by atomic mass is 16.6. The lowest BCUT2D eigenvalue weighted by atomic mass is 9.68. The molecule has 0 spiro atoms. The van der Waals surface area contributed by atoms with Crippen LogP contribution >= 0.6 is 0 Å². The van der Waals surface area contributed by atoms with Crippen LogP contribution in [0.25, 0.3) is 0 Å². The Morgan fingerprint density at radius 2 is 1.32 bits per heavy atom. The van der Waals surface area contributed by atoms with Gasteiger partial charge >= 0.3 is 11.9 Å². The van der Waals surface area contributed by atoms with E-state index >= 15 is 0 Å². The highest BCUT2D eigenvalue weighted by molar-refractivity contribution is 6.00. The molecule has 3 heteroatoms. The molecule has 1 saturated carbocycles. The lowest BCUT2D eigenvalue weighted by molar-refractivity contribution is -0.155. The Morgan fingerprint density at radius 3 is 1.88 bits per heavy atom. The van der Waals surface area contributed by atoms with Gasteiger partial charge in [-0.2, -0.15) is 0 Å². The second-order valence-corrected chi connectivity index (χ2v) is 7.52. The van der Waals surface area contributed by atoms with Crippen molar-refractivity contribution in [2.75, 3.05) is 0 Å². The molecule has 0 radical (unpaired) electrons. The third-order valence-electron chi connectivity index (χ3n) is 6.32. The van der Waals surface area contributed by atoms with E-state index in [1.165, 1.54) is 5.56 Å². The van der Waals surface area contributed by atoms with Crippen molar-refractivity contribution in [2.45, 2.75) is 24.2 Å². The standard InChI is InChI=1S/C22H18O3/c1-14-7-9-16(10-8-14)22-12-11-21(13-22,15-5-3-2-4-6-15)17-18(22)20(24)25-19(17)23/h2-12,17-18H,13H2,1H3/t17-,18-,21+,22+/m1/s1. The fraction of sp³-hybridized carbons (Fsp3) is 0.273. The fourth-order valence-electron chi connectivity index (χ4n) is 5.21. The molecule has 0 aromatic heterocycles. The van der Waals surface area contributed by atoms with Crippen molar-refractivity contribution < 1.29 is 14.3 Å². The number of benzene rings is 2. The first-order valence-corrected chi connectivity index (χ1v) is 8.65. The first kappa shape index (κ1) is 14.6. The molecule has 3 aliphatic rings. The molecule has 25 heavy (non-hydrogen) atoms. The number of hydrogen-bond donors (Lipinski definition) is 0. The Kier molecular flexibility index (Phi) is 2.75. The maximum atomic E-state index is 12.6. The largest absolute Gasteiger partial charge is 0.393 e. The van der Waals surface area contributed by atoms with Gasteiger partial charge in [-0.25, -0.2) is 0 Å². The Bertz CT molecular complexity index is 912. The van der Waals surface area contributed by atoms with Gasteiger partial charge < -0.3 is 4.74 Å². The van der Waals surface area contributed by atoms with Crippen molar-refractivity contribution in [3.63, 3.8) is 0 Å². The number of carbonyl (C=O) groups is 2. The summed E-state index contributed by atoms with van der Waals surface area (Å²) < 4.78 is 5.11. The summed E-state index contributed by atoms with van der Waals surface area (Å²) in [5, 5.41) is 0. The van der Waals surface area contributed by atoms with E-state index < -0.39 is 22.7 Å². The second-order valence-electron chi connectivity index (χ2n) is 7.52. The monoisotopic (exact) mass is 330 g/mol. The van der Waals surface area contributed by atoms with Crippen LogP contribution in [0.5, 0.6) is 0 Å². The lowest BCUT2D eigenvalue weighted by Gasteiger charge is -2.31. The van der Waals surface area contributed by atoms with Crippen molar-refractivity contribution >= 4 is 11.9 Å². The molecular weight excluding hydrogens is 312 g/mol. The van der Waals surface area contributed by atoms with Crippen LogP contribution in [0.3, 0.4) is 0 Å². The molecule has 2 fully saturated rings. The molecule has 2 aliphatic carbocycles. The number of carbonyl (C=O) groups excluding carboxylic acids is 2. The molecule has 2 bridgehead atoms. The quantitative estimate of drug-likeness (QED) is 0.481. The SMILES string of the molecule is Cc1ccc([C@]23C=C[C@@](c4ccccc4)(C2)[C@H]2C(=O)OC(=O)[C@@H]23)cc1. The van der Waals surface area contributed by atoms with Gasteiger partial charge in [0.2, 0.25) is 0 Å². The molecule has 3 nitrogen and oxygen atoms in total. The van der Waals surface area contributed by atoms with Crippen LogP contribution in [0.15, 0.2) is 66.7 Å². The van der Waals surface area contributed by atoms with Crippen LogP contribution in [0.2, 0.25) is 0 Å². The summed E-state index contributed by atoms with van der Waals surface area (Å²) in [4.78, 5) is 25.2. The minimum Gasteiger partial charge on any atom is -0.393 e. The molecule has 124 valence electrons. The van der Waals surface area contributed by atoms with Gasteiger partial charge in [0.25, 0.3) is 0 Å². The molecule has 0 amide bonds. The predicted molar refractivity (Wildman–Crippen MR) is 92.8 cm³/mol. The smallest absolute Gasteiger partial charge is 0.318 e. The maximum absolute atomic E-state index is 12.6. The zero-order chi connectivity index (χ0) is 17.2. The number of fused-ring (bicyclic) bond motifs is 5. The zero-order valence-electron chi connectivity index (χ0n) is 13.9. The Labute approximate surface area is 146 Å². The van der Waals surface area contributed by atoms with E-state index in [4.69, 9.17) is 4.74 Å². The molecule has 1 saturated heterocycles. The number of hydrogen-bond acceptors (Lipinski definition) is 3. The van der Waals surface area contributed by atoms with E-state index in [1.807, 2.05) is 37.3 Å². The molecule has 1 aliphatic heterocycles. The van der Waals surface area contributed by atoms with Gasteiger partial charge in [-0.15, -0.1) is 0 Å². The molecule has 0 N–H and O–H groups in total. The van der Waals surface area contributed by atoms with Crippen LogP contribution in [-0.4, -0.2) is 11.9 Å². The highest BCUT2D eigenvalue weighted by Crippen LogP contribution is 2.66. The maximum Gasteiger partial charge on any atom is 0.318 e. The minimum absolute atomic E-state index is 0.377. The van der Waals surface area contributed by atoms with Crippen LogP contribution in [-0.2, 0) is 25.2 Å². The molecule has 5 rings (SSSR count). The van der Waals surface area contributed by atoms with Gasteiger partial charge in [0.15, 0.2) is 0 Å². The number of allylic oxidation sites excluding steroid dienone is 2. The summed E-state index contributed by atoms with van der Waals surface area (Å²) in [6.45, 7) is 2.05. The number of aryl methyl sites for hydroxylation is 1. The van der Waals surface area contributed by atoms with Crippen LogP contribution < -0.4 is 0 Å². The summed E-state index contributed by atoms with van der Waals surface area (Å²) >= 11 is 0. The van der Waals surface area contributed by atoms with E-state index in [-0.39, 0.29) is 11.9 Å². The van der Waals surface area contributed by atoms with Crippen molar-refractivity contribution in [3.8, 4) is 0 Å². The first-order valence-electron chi connectivity index (χ1n) is 8.65. The van der Waals surface area contributed by atoms with E-state index in [1.54, 1.807) is 0 Å². The molecular formula is C22H18O3. The van der Waals surface area contributed by atoms with Gasteiger partial charge in [-0.1, -0.05) is 72.3 Å². The number of ether oxygens (including phenoxy) is 1. The van der Waals surface area contributed by atoms with Crippen molar-refractivity contribution in [1.29, 1.82) is 0 Å². The molecule has 2 aromatic rings. The predicted octanol–water partition coefficient (Wildman–Crippen LogP) is 3.46. The van der Waals surface area contributed by atoms with Crippen molar-refractivity contribution in [2.24, 2.45) is 11.8 Å². The highest BCUT2D eigenvalue weighted by Gasteiger charge is 2.72. The van der Waals surface area contributed by atoms with Gasteiger partial charge in [0.1, 0.15) is 0 Å². The Morgan fingerprint density at radius 1 is 0.800 bits per heavy atom. The second kappa shape index (κ2) is 4.69. The molecule has 1 heterocycles. The first-order chi connectivity index (χ1) is 12.1. The summed E-state index contributed by atoms with van der Waals surface area (Å²) in [6, 6.07) is 18.3. The van der Waals surface area contributed by atoms with Crippen molar-refractivity contribution in [1.82, 2.24) is 0 Å². The topological polar surface area (TPSA) is 43.4 Å². The van der Waals surface area contributed by atoms with E-state index in [2.05, 4.69) is 36.4 Å². The minimum atomic E-state index is -0.461. The molecule has 2 aromatic carbocycles. The summed E-state index contributed by atoms with van der Waals surface area (Å²) in [5.74, 6) is -1.63. The van der Waals surface area contributed by atoms with Crippen LogP contribution in [0.4, 0.5) is 0 Å². The third kappa shape index (κ3) is 1.70.